The molecule has 2 heterocycles. The Bertz CT molecular complexity index is 1420. The van der Waals surface area contributed by atoms with Gasteiger partial charge in [0.1, 0.15) is 5.92 Å². The summed E-state index contributed by atoms with van der Waals surface area (Å²) in [5, 5.41) is 20.6. The monoisotopic (exact) mass is 550 g/mol. The molecule has 1 saturated heterocycles. The zero-order valence-electron chi connectivity index (χ0n) is 20.3. The van der Waals surface area contributed by atoms with Crippen LogP contribution in [0.2, 0.25) is 10.0 Å². The van der Waals surface area contributed by atoms with Crippen LogP contribution in [0.3, 0.4) is 0 Å². The van der Waals surface area contributed by atoms with E-state index in [1.807, 2.05) is 6.07 Å². The maximum absolute atomic E-state index is 14.3. The summed E-state index contributed by atoms with van der Waals surface area (Å²) in [4.78, 5) is 26.1. The summed E-state index contributed by atoms with van der Waals surface area (Å²) in [7, 11) is 1.76. The summed E-state index contributed by atoms with van der Waals surface area (Å²) in [6, 6.07) is 7.80. The minimum Gasteiger partial charge on any atom is -0.481 e. The number of hydrogen-bond acceptors (Lipinski definition) is 3. The molecule has 4 rings (SSSR count). The highest BCUT2D eigenvalue weighted by Crippen LogP contribution is 2.36. The minimum absolute atomic E-state index is 0.135. The highest BCUT2D eigenvalue weighted by atomic mass is 35.5. The highest BCUT2D eigenvalue weighted by molar-refractivity contribution is 6.38. The van der Waals surface area contributed by atoms with Crippen LogP contribution in [-0.2, 0) is 24.2 Å². The molecular formula is C27H26Cl2F2N2O4. The van der Waals surface area contributed by atoms with Crippen molar-refractivity contribution in [3.8, 4) is 0 Å². The molecule has 1 aliphatic rings. The van der Waals surface area contributed by atoms with E-state index in [1.54, 1.807) is 24.6 Å². The van der Waals surface area contributed by atoms with E-state index in [2.05, 4.69) is 6.58 Å². The molecule has 0 radical (unpaired) electrons. The van der Waals surface area contributed by atoms with Gasteiger partial charge in [-0.15, -0.1) is 0 Å². The number of halogens is 4. The zero-order chi connectivity index (χ0) is 27.2. The molecule has 0 bridgehead atoms. The predicted molar refractivity (Wildman–Crippen MR) is 139 cm³/mol. The first-order chi connectivity index (χ1) is 17.4. The van der Waals surface area contributed by atoms with Crippen LogP contribution in [0.25, 0.3) is 10.9 Å². The number of amides is 1. The first kappa shape index (κ1) is 27.1. The zero-order valence-corrected chi connectivity index (χ0v) is 21.8. The average Bonchev–Trinajstić information content (AvgIpc) is 3.17. The van der Waals surface area contributed by atoms with Crippen molar-refractivity contribution >= 4 is 46.0 Å². The summed E-state index contributed by atoms with van der Waals surface area (Å²) in [5.41, 5.74) is 2.54. The Balaban J connectivity index is 1.70. The van der Waals surface area contributed by atoms with E-state index in [9.17, 15) is 28.6 Å². The fraction of sp³-hybridized carbons (Fsp3) is 0.333. The molecule has 1 amide bonds. The van der Waals surface area contributed by atoms with Crippen molar-refractivity contribution in [3.63, 3.8) is 0 Å². The number of alkyl halides is 2. The van der Waals surface area contributed by atoms with Gasteiger partial charge < -0.3 is 19.7 Å². The van der Waals surface area contributed by atoms with Gasteiger partial charge >= 0.3 is 5.97 Å². The van der Waals surface area contributed by atoms with Crippen molar-refractivity contribution in [2.24, 2.45) is 13.0 Å². The Morgan fingerprint density at radius 2 is 1.95 bits per heavy atom. The van der Waals surface area contributed by atoms with Crippen molar-refractivity contribution in [1.82, 2.24) is 9.47 Å². The number of aliphatic hydroxyl groups is 1. The van der Waals surface area contributed by atoms with Gasteiger partial charge in [0.15, 0.2) is 0 Å². The number of carboxylic acids is 1. The molecule has 2 unspecified atom stereocenters. The number of allylic oxidation sites excluding steroid dienone is 1. The van der Waals surface area contributed by atoms with Crippen molar-refractivity contribution in [2.45, 2.75) is 31.8 Å². The molecule has 2 aromatic carbocycles. The van der Waals surface area contributed by atoms with Crippen LogP contribution in [0.4, 0.5) is 8.78 Å². The summed E-state index contributed by atoms with van der Waals surface area (Å²) in [6.45, 7) is 5.05. The second-order valence-electron chi connectivity index (χ2n) is 9.36. The summed E-state index contributed by atoms with van der Waals surface area (Å²) < 4.78 is 30.4. The molecule has 196 valence electrons. The third-order valence-corrected chi connectivity index (χ3v) is 7.85. The van der Waals surface area contributed by atoms with Crippen LogP contribution in [0.15, 0.2) is 43.0 Å². The van der Waals surface area contributed by atoms with Crippen molar-refractivity contribution < 1.29 is 28.6 Å². The molecule has 2 N–H and O–H groups in total. The molecule has 0 saturated carbocycles. The molecule has 3 aromatic rings. The third kappa shape index (κ3) is 4.98. The first-order valence-electron chi connectivity index (χ1n) is 11.6. The van der Waals surface area contributed by atoms with Crippen molar-refractivity contribution in [1.29, 1.82) is 0 Å². The highest BCUT2D eigenvalue weighted by Gasteiger charge is 2.36. The lowest BCUT2D eigenvalue weighted by molar-refractivity contribution is -0.148. The van der Waals surface area contributed by atoms with Crippen LogP contribution in [-0.4, -0.2) is 50.8 Å². The predicted octanol–water partition coefficient (Wildman–Crippen LogP) is 5.57. The van der Waals surface area contributed by atoms with Crippen LogP contribution in [0, 0.1) is 12.8 Å². The van der Waals surface area contributed by atoms with Gasteiger partial charge in [0, 0.05) is 53.7 Å². The number of aryl methyl sites for hydroxylation is 2. The van der Waals surface area contributed by atoms with Gasteiger partial charge in [-0.05, 0) is 60.9 Å². The number of piperidine rings is 1. The maximum Gasteiger partial charge on any atom is 0.310 e. The number of aliphatic hydroxyl groups excluding tert-OH is 1. The topological polar surface area (TPSA) is 82.8 Å². The number of carbonyl (C=O) groups is 2. The summed E-state index contributed by atoms with van der Waals surface area (Å²) in [6.07, 6.45) is -0.0447. The number of aromatic nitrogens is 1. The van der Waals surface area contributed by atoms with Gasteiger partial charge in [-0.25, -0.2) is 0 Å². The largest absolute Gasteiger partial charge is 0.481 e. The number of rotatable bonds is 6. The Hall–Kier alpha value is -2.94. The smallest absolute Gasteiger partial charge is 0.310 e. The van der Waals surface area contributed by atoms with Gasteiger partial charge in [0.05, 0.1) is 16.7 Å². The fourth-order valence-corrected chi connectivity index (χ4v) is 5.37. The first-order valence-corrected chi connectivity index (χ1v) is 12.4. The summed E-state index contributed by atoms with van der Waals surface area (Å²) in [5.74, 6) is -5.88. The lowest BCUT2D eigenvalue weighted by atomic mass is 9.94. The van der Waals surface area contributed by atoms with Gasteiger partial charge in [-0.3, -0.25) is 9.59 Å². The number of carboxylic acid groups (broad SMARTS) is 1. The molecule has 2 atom stereocenters. The molecular weight excluding hydrogens is 525 g/mol. The van der Waals surface area contributed by atoms with Crippen LogP contribution in [0.1, 0.15) is 39.2 Å². The number of hydrogen-bond donors (Lipinski definition) is 2. The van der Waals surface area contributed by atoms with E-state index >= 15 is 0 Å². The van der Waals surface area contributed by atoms with Crippen molar-refractivity contribution in [2.75, 3.05) is 13.1 Å². The SMILES string of the molecule is C=CC(F)(F)c1cc(C)c2cc(Cc3c(Cl)ccc(C(=O)N4CCC(O)C(C(=O)O)C4)c3Cl)n(C)c2c1. The standard InChI is InChI=1S/C27H26Cl2F2N2O4/c1-4-27(30,31)15-9-14(2)18-11-16(32(3)22(18)10-15)12-19-21(28)6-5-17(24(19)29)25(35)33-8-7-23(34)20(13-33)26(36)37/h4-6,9-11,20,23,34H,1,7-8,12-13H2,2-3H3,(H,36,37). The maximum atomic E-state index is 14.3. The third-order valence-electron chi connectivity index (χ3n) is 7.06. The van der Waals surface area contributed by atoms with E-state index in [1.165, 1.54) is 23.1 Å². The number of fused-ring (bicyclic) bond motifs is 1. The fourth-order valence-electron chi connectivity index (χ4n) is 4.79. The van der Waals surface area contributed by atoms with Gasteiger partial charge in [-0.1, -0.05) is 29.8 Å². The van der Waals surface area contributed by atoms with E-state index in [0.29, 0.717) is 27.7 Å². The number of benzene rings is 2. The normalized spacial score (nSPS) is 18.3. The Kier molecular flexibility index (Phi) is 7.38. The van der Waals surface area contributed by atoms with E-state index < -0.39 is 29.8 Å². The lowest BCUT2D eigenvalue weighted by Crippen LogP contribution is -2.48. The quantitative estimate of drug-likeness (QED) is 0.393. The summed E-state index contributed by atoms with van der Waals surface area (Å²) >= 11 is 13.1. The molecule has 1 fully saturated rings. The molecule has 37 heavy (non-hydrogen) atoms. The molecule has 1 aromatic heterocycles. The molecule has 6 nitrogen and oxygen atoms in total. The van der Waals surface area contributed by atoms with E-state index in [4.69, 9.17) is 23.2 Å². The molecule has 0 aliphatic carbocycles. The number of aliphatic carboxylic acids is 1. The average molecular weight is 551 g/mol. The Labute approximate surface area is 222 Å². The number of likely N-dealkylation sites (tertiary alicyclic amines) is 1. The molecule has 10 heteroatoms. The second kappa shape index (κ2) is 10.1. The van der Waals surface area contributed by atoms with E-state index in [-0.39, 0.29) is 42.1 Å². The van der Waals surface area contributed by atoms with Gasteiger partial charge in [0.25, 0.3) is 11.8 Å². The number of carbonyl (C=O) groups excluding carboxylic acids is 1. The molecule has 0 spiro atoms. The van der Waals surface area contributed by atoms with Gasteiger partial charge in [0.2, 0.25) is 0 Å². The minimum atomic E-state index is -3.17. The van der Waals surface area contributed by atoms with Gasteiger partial charge in [-0.2, -0.15) is 8.78 Å². The second-order valence-corrected chi connectivity index (χ2v) is 10.1. The molecule has 1 aliphatic heterocycles. The van der Waals surface area contributed by atoms with Crippen LogP contribution < -0.4 is 0 Å². The lowest BCUT2D eigenvalue weighted by Gasteiger charge is -2.34. The van der Waals surface area contributed by atoms with Crippen molar-refractivity contribution in [3.05, 3.63) is 81.0 Å². The van der Waals surface area contributed by atoms with Crippen LogP contribution >= 0.6 is 23.2 Å². The Morgan fingerprint density at radius 3 is 2.59 bits per heavy atom. The van der Waals surface area contributed by atoms with E-state index in [0.717, 1.165) is 11.1 Å². The number of nitrogens with zero attached hydrogens (tertiary/aromatic N) is 2. The Morgan fingerprint density at radius 1 is 1.24 bits per heavy atom. The van der Waals surface area contributed by atoms with Crippen LogP contribution in [0.5, 0.6) is 0 Å².